The van der Waals surface area contributed by atoms with Gasteiger partial charge in [0, 0.05) is 52.1 Å². The molecule has 0 spiro atoms. The number of aliphatic carboxylic acids is 1. The van der Waals surface area contributed by atoms with Crippen LogP contribution in [0.2, 0.25) is 5.02 Å². The first-order chi connectivity index (χ1) is 20.4. The molecule has 0 fully saturated rings. The summed E-state index contributed by atoms with van der Waals surface area (Å²) in [6, 6.07) is 17.6. The zero-order chi connectivity index (χ0) is 30.6. The quantitative estimate of drug-likeness (QED) is 0.203. The lowest BCUT2D eigenvalue weighted by Crippen LogP contribution is -2.28. The fraction of sp³-hybridized carbons (Fsp3) is 0.235. The zero-order valence-corrected chi connectivity index (χ0v) is 26.3. The van der Waals surface area contributed by atoms with E-state index >= 15 is 0 Å². The Bertz CT molecular complexity index is 2020. The van der Waals surface area contributed by atoms with Crippen LogP contribution in [0, 0.1) is 13.8 Å². The predicted octanol–water partition coefficient (Wildman–Crippen LogP) is 8.79. The number of ether oxygens (including phenoxy) is 1. The predicted molar refractivity (Wildman–Crippen MR) is 174 cm³/mol. The van der Waals surface area contributed by atoms with Crippen LogP contribution in [-0.2, 0) is 16.6 Å². The van der Waals surface area contributed by atoms with Crippen molar-refractivity contribution in [3.63, 3.8) is 0 Å². The number of fused-ring (bicyclic) bond motifs is 2. The van der Waals surface area contributed by atoms with Crippen molar-refractivity contribution in [2.45, 2.75) is 46.3 Å². The molecule has 3 heterocycles. The summed E-state index contributed by atoms with van der Waals surface area (Å²) in [5.41, 5.74) is 7.99. The monoisotopic (exact) mass is 610 g/mol. The fourth-order valence-electron chi connectivity index (χ4n) is 5.46. The van der Waals surface area contributed by atoms with E-state index in [-0.39, 0.29) is 0 Å². The number of hydrogen-bond acceptors (Lipinski definition) is 6. The van der Waals surface area contributed by atoms with Crippen LogP contribution >= 0.6 is 22.9 Å². The van der Waals surface area contributed by atoms with E-state index in [4.69, 9.17) is 21.3 Å². The molecule has 0 saturated carbocycles. The molecule has 1 N–H and O–H groups in total. The summed E-state index contributed by atoms with van der Waals surface area (Å²) >= 11 is 7.77. The Morgan fingerprint density at radius 3 is 2.44 bits per heavy atom. The molecule has 6 rings (SSSR count). The lowest BCUT2D eigenvalue weighted by atomic mass is 9.91. The minimum atomic E-state index is -1.17. The van der Waals surface area contributed by atoms with Crippen LogP contribution < -0.4 is 0 Å². The number of carbonyl (C=O) groups is 1. The van der Waals surface area contributed by atoms with E-state index in [1.165, 1.54) is 11.3 Å². The van der Waals surface area contributed by atoms with Gasteiger partial charge in [-0.25, -0.2) is 9.78 Å². The van der Waals surface area contributed by atoms with E-state index in [9.17, 15) is 9.90 Å². The first-order valence-electron chi connectivity index (χ1n) is 13.9. The molecule has 0 aliphatic heterocycles. The van der Waals surface area contributed by atoms with Crippen LogP contribution in [0.3, 0.4) is 0 Å². The summed E-state index contributed by atoms with van der Waals surface area (Å²) in [6.07, 6.45) is 2.64. The minimum Gasteiger partial charge on any atom is -0.479 e. The van der Waals surface area contributed by atoms with E-state index in [0.29, 0.717) is 10.6 Å². The fourth-order valence-corrected chi connectivity index (χ4v) is 6.71. The van der Waals surface area contributed by atoms with Crippen LogP contribution in [0.25, 0.3) is 54.1 Å². The van der Waals surface area contributed by atoms with E-state index in [1.54, 1.807) is 6.20 Å². The van der Waals surface area contributed by atoms with Gasteiger partial charge in [0.2, 0.25) is 0 Å². The number of thiazole rings is 1. The molecule has 7 nitrogen and oxygen atoms in total. The molecule has 6 aromatic rings. The first-order valence-corrected chi connectivity index (χ1v) is 15.1. The lowest BCUT2D eigenvalue weighted by Gasteiger charge is -2.28. The average molecular weight is 611 g/mol. The Kier molecular flexibility index (Phi) is 7.32. The smallest absolute Gasteiger partial charge is 0.337 e. The number of aromatic nitrogens is 4. The van der Waals surface area contributed by atoms with Crippen molar-refractivity contribution in [3.8, 4) is 33.0 Å². The Morgan fingerprint density at radius 2 is 1.74 bits per heavy atom. The van der Waals surface area contributed by atoms with E-state index in [0.717, 1.165) is 65.2 Å². The van der Waals surface area contributed by atoms with Crippen molar-refractivity contribution in [1.82, 2.24) is 19.7 Å². The molecule has 0 amide bonds. The third kappa shape index (κ3) is 5.66. The van der Waals surface area contributed by atoms with Gasteiger partial charge in [-0.05, 0) is 93.8 Å². The number of halogens is 1. The molecule has 0 saturated heterocycles. The van der Waals surface area contributed by atoms with Gasteiger partial charge >= 0.3 is 5.97 Å². The highest BCUT2D eigenvalue weighted by molar-refractivity contribution is 7.22. The number of pyridine rings is 1. The van der Waals surface area contributed by atoms with Crippen LogP contribution in [-0.4, -0.2) is 36.4 Å². The second-order valence-corrected chi connectivity index (χ2v) is 13.2. The van der Waals surface area contributed by atoms with Gasteiger partial charge in [-0.3, -0.25) is 9.67 Å². The maximum absolute atomic E-state index is 12.6. The molecule has 43 heavy (non-hydrogen) atoms. The van der Waals surface area contributed by atoms with Crippen molar-refractivity contribution in [2.24, 2.45) is 7.05 Å². The van der Waals surface area contributed by atoms with Crippen molar-refractivity contribution in [2.75, 3.05) is 0 Å². The van der Waals surface area contributed by atoms with Crippen LogP contribution in [0.5, 0.6) is 0 Å². The Balaban J connectivity index is 1.54. The van der Waals surface area contributed by atoms with E-state index in [1.807, 2.05) is 88.1 Å². The molecule has 3 aromatic heterocycles. The van der Waals surface area contributed by atoms with Crippen molar-refractivity contribution >= 4 is 50.0 Å². The topological polar surface area (TPSA) is 90.1 Å². The van der Waals surface area contributed by atoms with Gasteiger partial charge in [0.05, 0.1) is 27.0 Å². The van der Waals surface area contributed by atoms with Crippen LogP contribution in [0.1, 0.15) is 43.6 Å². The van der Waals surface area contributed by atoms with Gasteiger partial charge in [-0.15, -0.1) is 11.3 Å². The Hall–Kier alpha value is -4.11. The summed E-state index contributed by atoms with van der Waals surface area (Å²) in [6.45, 7) is 9.55. The molecule has 0 aliphatic rings. The average Bonchev–Trinajstić information content (AvgIpc) is 3.54. The van der Waals surface area contributed by atoms with Gasteiger partial charge in [-0.1, -0.05) is 23.7 Å². The molecule has 9 heteroatoms. The highest BCUT2D eigenvalue weighted by Gasteiger charge is 2.32. The van der Waals surface area contributed by atoms with Gasteiger partial charge in [-0.2, -0.15) is 5.10 Å². The van der Waals surface area contributed by atoms with Crippen molar-refractivity contribution in [1.29, 1.82) is 0 Å². The van der Waals surface area contributed by atoms with Crippen molar-refractivity contribution < 1.29 is 14.6 Å². The second-order valence-electron chi connectivity index (χ2n) is 11.8. The SMILES string of the molecule is Cc1cc2nc(-c3ccnc(-c4cc(C)c5nn(C)cc5c4)c3)sc2c(-c2ccc(Cl)cc2)c1[C@H](OC(C)(C)C)C(=O)O. The number of carboxylic acids is 1. The Labute approximate surface area is 258 Å². The zero-order valence-electron chi connectivity index (χ0n) is 24.8. The molecular weight excluding hydrogens is 580 g/mol. The van der Waals surface area contributed by atoms with Crippen molar-refractivity contribution in [3.05, 3.63) is 88.7 Å². The molecule has 0 unspecified atom stereocenters. The maximum atomic E-state index is 12.6. The van der Waals surface area contributed by atoms with Gasteiger partial charge < -0.3 is 9.84 Å². The van der Waals surface area contributed by atoms with E-state index < -0.39 is 17.7 Å². The highest BCUT2D eigenvalue weighted by atomic mass is 35.5. The third-order valence-corrected chi connectivity index (χ3v) is 8.62. The number of benzene rings is 3. The van der Waals surface area contributed by atoms with E-state index in [2.05, 4.69) is 29.1 Å². The van der Waals surface area contributed by atoms with Gasteiger partial charge in [0.15, 0.2) is 6.10 Å². The Morgan fingerprint density at radius 1 is 1.00 bits per heavy atom. The summed E-state index contributed by atoms with van der Waals surface area (Å²) in [7, 11) is 1.92. The molecule has 0 bridgehead atoms. The second kappa shape index (κ2) is 10.9. The third-order valence-electron chi connectivity index (χ3n) is 7.23. The summed E-state index contributed by atoms with van der Waals surface area (Å²) in [5.74, 6) is -1.04. The summed E-state index contributed by atoms with van der Waals surface area (Å²) < 4.78 is 8.85. The number of carboxylic acid groups (broad SMARTS) is 1. The molecule has 0 aliphatic carbocycles. The lowest BCUT2D eigenvalue weighted by molar-refractivity contribution is -0.160. The number of aryl methyl sites for hydroxylation is 3. The van der Waals surface area contributed by atoms with Gasteiger partial charge in [0.1, 0.15) is 5.01 Å². The van der Waals surface area contributed by atoms with Crippen LogP contribution in [0.4, 0.5) is 0 Å². The highest BCUT2D eigenvalue weighted by Crippen LogP contribution is 2.44. The normalized spacial score (nSPS) is 12.7. The number of hydrogen-bond donors (Lipinski definition) is 1. The summed E-state index contributed by atoms with van der Waals surface area (Å²) in [4.78, 5) is 22.4. The molecule has 0 radical (unpaired) electrons. The largest absolute Gasteiger partial charge is 0.479 e. The standard InChI is InChI=1S/C34H31ClN4O3S/c1-18-14-26-31(28(20-7-9-24(35)10-8-20)27(18)30(33(40)41)42-34(3,4)5)43-32(37-26)21-11-12-36-25(16-21)22-13-19(2)29-23(15-22)17-39(6)38-29/h7-17,30H,1-6H3,(H,40,41)/t30-/m0/s1. The molecule has 218 valence electrons. The molecule has 1 atom stereocenters. The summed E-state index contributed by atoms with van der Waals surface area (Å²) in [5, 5.41) is 17.4. The molecule has 3 aromatic carbocycles. The number of nitrogens with zero attached hydrogens (tertiary/aromatic N) is 4. The number of rotatable bonds is 6. The first kappa shape index (κ1) is 29.0. The van der Waals surface area contributed by atoms with Crippen LogP contribution in [0.15, 0.2) is 67.0 Å². The van der Waals surface area contributed by atoms with Gasteiger partial charge in [0.25, 0.3) is 0 Å². The molecular formula is C34H31ClN4O3S. The minimum absolute atomic E-state index is 0.601. The maximum Gasteiger partial charge on any atom is 0.337 e.